The molecule has 30 heavy (non-hydrogen) atoms. The molecule has 3 heterocycles. The molecule has 2 aromatic heterocycles. The standard InChI is InChI=1S/C20H16ClN5O3S/c1-26-19(16-10-27-14-7-2-3-8-15(14)28-16)23-24-20(26)30-11-17-22-18(25-29-17)12-5-4-6-13(21)9-12/h2-9,16H,10-11H2,1H3/t16-/m1/s1. The number of hydrogen-bond acceptors (Lipinski definition) is 8. The van der Waals surface area contributed by atoms with Crippen LogP contribution in [-0.2, 0) is 12.8 Å². The molecule has 152 valence electrons. The van der Waals surface area contributed by atoms with Gasteiger partial charge in [0, 0.05) is 17.6 Å². The smallest absolute Gasteiger partial charge is 0.237 e. The largest absolute Gasteiger partial charge is 0.485 e. The highest BCUT2D eigenvalue weighted by atomic mass is 35.5. The highest BCUT2D eigenvalue weighted by Crippen LogP contribution is 2.36. The van der Waals surface area contributed by atoms with Gasteiger partial charge in [-0.3, -0.25) is 0 Å². The van der Waals surface area contributed by atoms with Crippen LogP contribution in [-0.4, -0.2) is 31.5 Å². The van der Waals surface area contributed by atoms with Crippen LogP contribution >= 0.6 is 23.4 Å². The summed E-state index contributed by atoms with van der Waals surface area (Å²) in [6, 6.07) is 14.9. The van der Waals surface area contributed by atoms with Gasteiger partial charge in [-0.2, -0.15) is 4.98 Å². The van der Waals surface area contributed by atoms with E-state index in [4.69, 9.17) is 25.6 Å². The number of aromatic nitrogens is 5. The van der Waals surface area contributed by atoms with Gasteiger partial charge in [0.2, 0.25) is 11.7 Å². The molecule has 0 N–H and O–H groups in total. The number of ether oxygens (including phenoxy) is 2. The predicted octanol–water partition coefficient (Wildman–Crippen LogP) is 4.32. The van der Waals surface area contributed by atoms with E-state index in [1.807, 2.05) is 48.0 Å². The van der Waals surface area contributed by atoms with Gasteiger partial charge in [-0.15, -0.1) is 10.2 Å². The Morgan fingerprint density at radius 2 is 2.00 bits per heavy atom. The SMILES string of the molecule is Cn1c(SCc2nc(-c3cccc(Cl)c3)no2)nnc1[C@H]1COc2ccccc2O1. The average molecular weight is 442 g/mol. The van der Waals surface area contributed by atoms with Crippen LogP contribution < -0.4 is 9.47 Å². The predicted molar refractivity (Wildman–Crippen MR) is 111 cm³/mol. The molecule has 2 aromatic carbocycles. The molecule has 0 fully saturated rings. The van der Waals surface area contributed by atoms with Crippen molar-refractivity contribution < 1.29 is 14.0 Å². The van der Waals surface area contributed by atoms with Crippen molar-refractivity contribution in [1.82, 2.24) is 24.9 Å². The second-order valence-corrected chi connectivity index (χ2v) is 7.95. The first-order valence-electron chi connectivity index (χ1n) is 9.16. The summed E-state index contributed by atoms with van der Waals surface area (Å²) in [7, 11) is 1.90. The van der Waals surface area contributed by atoms with Gasteiger partial charge < -0.3 is 18.6 Å². The monoisotopic (exact) mass is 441 g/mol. The van der Waals surface area contributed by atoms with Gasteiger partial charge in [0.05, 0.1) is 5.75 Å². The fraction of sp³-hybridized carbons (Fsp3) is 0.200. The minimum atomic E-state index is -0.329. The minimum Gasteiger partial charge on any atom is -0.485 e. The number of halogens is 1. The van der Waals surface area contributed by atoms with E-state index in [1.54, 1.807) is 12.1 Å². The van der Waals surface area contributed by atoms with Crippen molar-refractivity contribution in [2.24, 2.45) is 7.05 Å². The maximum atomic E-state index is 6.03. The van der Waals surface area contributed by atoms with Crippen LogP contribution in [0.3, 0.4) is 0 Å². The lowest BCUT2D eigenvalue weighted by atomic mass is 10.2. The normalized spacial score (nSPS) is 15.3. The molecule has 0 amide bonds. The third kappa shape index (κ3) is 3.73. The van der Waals surface area contributed by atoms with E-state index in [2.05, 4.69) is 20.3 Å². The van der Waals surface area contributed by atoms with Crippen LogP contribution in [0.5, 0.6) is 11.5 Å². The Morgan fingerprint density at radius 3 is 2.87 bits per heavy atom. The zero-order valence-electron chi connectivity index (χ0n) is 15.9. The molecule has 1 aliphatic heterocycles. The second-order valence-electron chi connectivity index (χ2n) is 6.57. The van der Waals surface area contributed by atoms with Crippen molar-refractivity contribution in [2.75, 3.05) is 6.61 Å². The lowest BCUT2D eigenvalue weighted by Crippen LogP contribution is -2.24. The highest BCUT2D eigenvalue weighted by molar-refractivity contribution is 7.98. The summed E-state index contributed by atoms with van der Waals surface area (Å²) in [6.07, 6.45) is -0.329. The van der Waals surface area contributed by atoms with Gasteiger partial charge >= 0.3 is 0 Å². The van der Waals surface area contributed by atoms with Crippen molar-refractivity contribution in [3.63, 3.8) is 0 Å². The lowest BCUT2D eigenvalue weighted by molar-refractivity contribution is 0.0825. The van der Waals surface area contributed by atoms with Crippen molar-refractivity contribution in [1.29, 1.82) is 0 Å². The number of hydrogen-bond donors (Lipinski definition) is 0. The van der Waals surface area contributed by atoms with Crippen molar-refractivity contribution >= 4 is 23.4 Å². The van der Waals surface area contributed by atoms with Gasteiger partial charge in [-0.05, 0) is 24.3 Å². The van der Waals surface area contributed by atoms with Crippen LogP contribution in [0.1, 0.15) is 17.8 Å². The summed E-state index contributed by atoms with van der Waals surface area (Å²) < 4.78 is 19.1. The molecular weight excluding hydrogens is 426 g/mol. The molecule has 1 atom stereocenters. The Labute approximate surface area is 181 Å². The second kappa shape index (κ2) is 8.00. The molecule has 10 heteroatoms. The highest BCUT2D eigenvalue weighted by Gasteiger charge is 2.27. The Balaban J connectivity index is 1.27. The summed E-state index contributed by atoms with van der Waals surface area (Å²) in [5.41, 5.74) is 0.804. The van der Waals surface area contributed by atoms with E-state index in [0.717, 1.165) is 16.5 Å². The van der Waals surface area contributed by atoms with Crippen LogP contribution in [0.15, 0.2) is 58.2 Å². The van der Waals surface area contributed by atoms with E-state index >= 15 is 0 Å². The van der Waals surface area contributed by atoms with Crippen LogP contribution in [0.25, 0.3) is 11.4 Å². The van der Waals surface area contributed by atoms with Crippen molar-refractivity contribution in [3.8, 4) is 22.9 Å². The van der Waals surface area contributed by atoms with Crippen molar-refractivity contribution in [2.45, 2.75) is 17.0 Å². The van der Waals surface area contributed by atoms with Gasteiger partial charge in [-0.25, -0.2) is 0 Å². The molecule has 0 unspecified atom stereocenters. The first-order chi connectivity index (χ1) is 14.7. The third-order valence-electron chi connectivity index (χ3n) is 4.54. The number of nitrogens with zero attached hydrogens (tertiary/aromatic N) is 5. The Morgan fingerprint density at radius 1 is 1.13 bits per heavy atom. The summed E-state index contributed by atoms with van der Waals surface area (Å²) in [4.78, 5) is 4.43. The fourth-order valence-electron chi connectivity index (χ4n) is 3.06. The summed E-state index contributed by atoms with van der Waals surface area (Å²) in [5.74, 6) is 3.58. The maximum absolute atomic E-state index is 6.03. The minimum absolute atomic E-state index is 0.329. The van der Waals surface area contributed by atoms with Crippen molar-refractivity contribution in [3.05, 3.63) is 65.3 Å². The molecule has 0 radical (unpaired) electrons. The average Bonchev–Trinajstić information content (AvgIpc) is 3.39. The van der Waals surface area contributed by atoms with Crippen LogP contribution in [0, 0.1) is 0 Å². The molecule has 0 aliphatic carbocycles. The zero-order chi connectivity index (χ0) is 20.5. The Kier molecular flexibility index (Phi) is 5.06. The van der Waals surface area contributed by atoms with E-state index in [-0.39, 0.29) is 6.10 Å². The van der Waals surface area contributed by atoms with E-state index in [1.165, 1.54) is 11.8 Å². The zero-order valence-corrected chi connectivity index (χ0v) is 17.4. The lowest BCUT2D eigenvalue weighted by Gasteiger charge is -2.25. The topological polar surface area (TPSA) is 88.1 Å². The van der Waals surface area contributed by atoms with Gasteiger partial charge in [0.15, 0.2) is 28.6 Å². The van der Waals surface area contributed by atoms with E-state index < -0.39 is 0 Å². The maximum Gasteiger partial charge on any atom is 0.237 e. The molecule has 0 saturated carbocycles. The van der Waals surface area contributed by atoms with Gasteiger partial charge in [0.1, 0.15) is 6.61 Å². The summed E-state index contributed by atoms with van der Waals surface area (Å²) in [6.45, 7) is 0.375. The van der Waals surface area contributed by atoms with E-state index in [0.29, 0.717) is 40.7 Å². The van der Waals surface area contributed by atoms with Crippen LogP contribution in [0.2, 0.25) is 5.02 Å². The van der Waals surface area contributed by atoms with Crippen LogP contribution in [0.4, 0.5) is 0 Å². The molecule has 1 aliphatic rings. The van der Waals surface area contributed by atoms with Gasteiger partial charge in [-0.1, -0.05) is 52.8 Å². The number of fused-ring (bicyclic) bond motifs is 1. The molecule has 0 spiro atoms. The molecule has 4 aromatic rings. The number of thioether (sulfide) groups is 1. The van der Waals surface area contributed by atoms with E-state index in [9.17, 15) is 0 Å². The Hall–Kier alpha value is -3.04. The number of para-hydroxylation sites is 2. The Bertz CT molecular complexity index is 1190. The molecule has 8 nitrogen and oxygen atoms in total. The number of rotatable bonds is 5. The van der Waals surface area contributed by atoms with Gasteiger partial charge in [0.25, 0.3) is 0 Å². The molecule has 5 rings (SSSR count). The summed E-state index contributed by atoms with van der Waals surface area (Å²) >= 11 is 7.48. The first-order valence-corrected chi connectivity index (χ1v) is 10.5. The first kappa shape index (κ1) is 19.0. The fourth-order valence-corrected chi connectivity index (χ4v) is 4.01. The third-order valence-corrected chi connectivity index (χ3v) is 5.78. The molecular formula is C20H16ClN5O3S. The molecule has 0 bridgehead atoms. The summed E-state index contributed by atoms with van der Waals surface area (Å²) in [5, 5.41) is 13.9. The number of benzene rings is 2. The quantitative estimate of drug-likeness (QED) is 0.423. The molecule has 0 saturated heterocycles.